The van der Waals surface area contributed by atoms with Crippen LogP contribution in [0, 0.1) is 11.3 Å². The highest BCUT2D eigenvalue weighted by Gasteiger charge is 2.16. The van der Waals surface area contributed by atoms with Crippen LogP contribution in [0.1, 0.15) is 18.1 Å². The Labute approximate surface area is 255 Å². The molecule has 0 amide bonds. The van der Waals surface area contributed by atoms with Gasteiger partial charge in [0.15, 0.2) is 5.16 Å². The number of anilines is 2. The predicted octanol–water partition coefficient (Wildman–Crippen LogP) is 6.59. The third kappa shape index (κ3) is 6.13. The summed E-state index contributed by atoms with van der Waals surface area (Å²) in [7, 11) is 1.95. The number of aryl methyl sites for hydroxylation is 1. The second kappa shape index (κ2) is 12.5. The summed E-state index contributed by atoms with van der Waals surface area (Å²) in [4.78, 5) is 19.6. The maximum atomic E-state index is 9.84. The van der Waals surface area contributed by atoms with Crippen molar-refractivity contribution in [2.75, 3.05) is 38.0 Å². The predicted molar refractivity (Wildman–Crippen MR) is 169 cm³/mol. The number of imidazole rings is 1. The number of likely N-dealkylation sites (N-methyl/N-ethyl adjacent to an activating group) is 1. The average molecular weight is 595 g/mol. The van der Waals surface area contributed by atoms with Gasteiger partial charge in [-0.15, -0.1) is 0 Å². The second-order valence-electron chi connectivity index (χ2n) is 10.3. The van der Waals surface area contributed by atoms with Crippen molar-refractivity contribution in [2.24, 2.45) is 7.05 Å². The Morgan fingerprint density at radius 1 is 0.976 bits per heavy atom. The van der Waals surface area contributed by atoms with E-state index in [-0.39, 0.29) is 0 Å². The lowest BCUT2D eigenvalue weighted by atomic mass is 10.0. The first-order valence-corrected chi connectivity index (χ1v) is 15.1. The molecule has 0 bridgehead atoms. The molecule has 4 heterocycles. The van der Waals surface area contributed by atoms with Gasteiger partial charge in [0.05, 0.1) is 27.5 Å². The van der Waals surface area contributed by atoms with Crippen LogP contribution in [0.3, 0.4) is 0 Å². The number of hydrogen-bond acceptors (Lipinski definition) is 8. The molecule has 1 aliphatic heterocycles. The van der Waals surface area contributed by atoms with Crippen molar-refractivity contribution in [1.29, 1.82) is 5.26 Å². The number of halogens is 1. The van der Waals surface area contributed by atoms with E-state index in [0.717, 1.165) is 77.2 Å². The van der Waals surface area contributed by atoms with E-state index in [1.165, 1.54) is 17.3 Å². The quantitative estimate of drug-likeness (QED) is 0.215. The highest BCUT2D eigenvalue weighted by atomic mass is 35.5. The fraction of sp³-hybridized carbons (Fsp3) is 0.250. The number of nitrogens with zero attached hydrogens (tertiary/aromatic N) is 7. The van der Waals surface area contributed by atoms with Crippen molar-refractivity contribution in [2.45, 2.75) is 23.5 Å². The van der Waals surface area contributed by atoms with Gasteiger partial charge in [-0.25, -0.2) is 4.98 Å². The Balaban J connectivity index is 1.21. The number of rotatable bonds is 8. The van der Waals surface area contributed by atoms with Crippen LogP contribution in [0.15, 0.2) is 83.4 Å². The number of piperazine rings is 1. The zero-order chi connectivity index (χ0) is 29.1. The van der Waals surface area contributed by atoms with Crippen molar-refractivity contribution in [3.05, 3.63) is 89.5 Å². The lowest BCUT2D eigenvalue weighted by Gasteiger charge is -2.33. The molecule has 0 atom stereocenters. The summed E-state index contributed by atoms with van der Waals surface area (Å²) >= 11 is 8.14. The molecule has 1 saturated heterocycles. The van der Waals surface area contributed by atoms with Gasteiger partial charge in [-0.3, -0.25) is 14.9 Å². The summed E-state index contributed by atoms with van der Waals surface area (Å²) < 4.78 is 1.95. The molecule has 10 heteroatoms. The van der Waals surface area contributed by atoms with Gasteiger partial charge in [0, 0.05) is 86.1 Å². The summed E-state index contributed by atoms with van der Waals surface area (Å²) in [6.07, 6.45) is 7.24. The first kappa shape index (κ1) is 28.2. The normalized spacial score (nSPS) is 14.2. The highest BCUT2D eigenvalue weighted by Crippen LogP contribution is 2.36. The van der Waals surface area contributed by atoms with Crippen molar-refractivity contribution < 1.29 is 0 Å². The third-order valence-corrected chi connectivity index (χ3v) is 9.18. The monoisotopic (exact) mass is 594 g/mol. The van der Waals surface area contributed by atoms with E-state index < -0.39 is 0 Å². The highest BCUT2D eigenvalue weighted by molar-refractivity contribution is 7.99. The molecule has 0 unspecified atom stereocenters. The number of nitrogens with one attached hydrogen (secondary N) is 1. The van der Waals surface area contributed by atoms with E-state index in [2.05, 4.69) is 50.2 Å². The van der Waals surface area contributed by atoms with Gasteiger partial charge >= 0.3 is 0 Å². The molecule has 2 aromatic carbocycles. The molecule has 212 valence electrons. The number of aromatic nitrogens is 4. The molecule has 1 aliphatic rings. The number of hydrogen-bond donors (Lipinski definition) is 1. The van der Waals surface area contributed by atoms with Gasteiger partial charge in [-0.1, -0.05) is 42.4 Å². The average Bonchev–Trinajstić information content (AvgIpc) is 3.43. The summed E-state index contributed by atoms with van der Waals surface area (Å²) in [5, 5.41) is 15.6. The topological polar surface area (TPSA) is 85.9 Å². The fourth-order valence-electron chi connectivity index (χ4n) is 5.14. The van der Waals surface area contributed by atoms with Crippen molar-refractivity contribution >= 4 is 45.6 Å². The Kier molecular flexibility index (Phi) is 8.40. The summed E-state index contributed by atoms with van der Waals surface area (Å²) in [5.41, 5.74) is 5.81. The first-order valence-electron chi connectivity index (χ1n) is 14.0. The van der Waals surface area contributed by atoms with Crippen molar-refractivity contribution in [1.82, 2.24) is 29.3 Å². The molecule has 1 N–H and O–H groups in total. The van der Waals surface area contributed by atoms with E-state index in [9.17, 15) is 5.26 Å². The molecule has 1 fully saturated rings. The van der Waals surface area contributed by atoms with Gasteiger partial charge < -0.3 is 14.8 Å². The molecule has 6 rings (SSSR count). The lowest BCUT2D eigenvalue weighted by Crippen LogP contribution is -2.45. The van der Waals surface area contributed by atoms with Gasteiger partial charge in [0.2, 0.25) is 0 Å². The molecule has 8 nitrogen and oxygen atoms in total. The van der Waals surface area contributed by atoms with Crippen LogP contribution < -0.4 is 5.32 Å². The summed E-state index contributed by atoms with van der Waals surface area (Å²) in [6.45, 7) is 8.69. The van der Waals surface area contributed by atoms with Crippen LogP contribution in [0.25, 0.3) is 22.2 Å². The Hall–Kier alpha value is -3.94. The second-order valence-corrected chi connectivity index (χ2v) is 11.8. The number of benzene rings is 2. The van der Waals surface area contributed by atoms with Gasteiger partial charge in [-0.2, -0.15) is 5.26 Å². The van der Waals surface area contributed by atoms with E-state index in [1.54, 1.807) is 12.4 Å². The molecule has 3 aromatic heterocycles. The van der Waals surface area contributed by atoms with Gasteiger partial charge in [0.25, 0.3) is 0 Å². The van der Waals surface area contributed by atoms with Crippen LogP contribution in [-0.2, 0) is 13.6 Å². The van der Waals surface area contributed by atoms with Gasteiger partial charge in [-0.05, 0) is 48.5 Å². The summed E-state index contributed by atoms with van der Waals surface area (Å²) in [6, 6.07) is 18.3. The largest absolute Gasteiger partial charge is 0.354 e. The van der Waals surface area contributed by atoms with E-state index >= 15 is 0 Å². The zero-order valence-electron chi connectivity index (χ0n) is 23.6. The molecular formula is C32H31ClN8S. The smallest absolute Gasteiger partial charge is 0.172 e. The van der Waals surface area contributed by atoms with Crippen LogP contribution in [0.5, 0.6) is 0 Å². The molecule has 5 aromatic rings. The first-order chi connectivity index (χ1) is 20.5. The number of fused-ring (bicyclic) bond motifs is 1. The zero-order valence-corrected chi connectivity index (χ0v) is 25.2. The molecule has 0 saturated carbocycles. The maximum absolute atomic E-state index is 9.84. The minimum atomic E-state index is 0.458. The minimum absolute atomic E-state index is 0.458. The van der Waals surface area contributed by atoms with Crippen LogP contribution in [-0.4, -0.2) is 62.0 Å². The minimum Gasteiger partial charge on any atom is -0.354 e. The van der Waals surface area contributed by atoms with Crippen LogP contribution >= 0.6 is 23.4 Å². The molecule has 0 spiro atoms. The maximum Gasteiger partial charge on any atom is 0.172 e. The Morgan fingerprint density at radius 2 is 1.81 bits per heavy atom. The Bertz CT molecular complexity index is 1750. The summed E-state index contributed by atoms with van der Waals surface area (Å²) in [5.74, 6) is 0. The third-order valence-electron chi connectivity index (χ3n) is 7.61. The van der Waals surface area contributed by atoms with Gasteiger partial charge in [0.1, 0.15) is 6.07 Å². The standard InChI is InChI=1S/C32H31ClN8S/c1-3-40-12-14-41(15-13-40)21-22-4-8-28(36-19-22)23-5-7-26-29(16-23)37-20-24(18-34)31(26)38-25-6-9-30(27(33)17-25)42-32-35-10-11-39(32)2/h4-11,16-17,19-20H,3,12-15,21H2,1-2H3,(H,37,38). The van der Waals surface area contributed by atoms with E-state index in [1.807, 2.05) is 60.4 Å². The van der Waals surface area contributed by atoms with Crippen LogP contribution in [0.2, 0.25) is 5.02 Å². The molecule has 0 radical (unpaired) electrons. The van der Waals surface area contributed by atoms with E-state index in [4.69, 9.17) is 16.6 Å². The Morgan fingerprint density at radius 3 is 2.50 bits per heavy atom. The van der Waals surface area contributed by atoms with Crippen molar-refractivity contribution in [3.8, 4) is 17.3 Å². The molecular weight excluding hydrogens is 564 g/mol. The number of pyridine rings is 2. The van der Waals surface area contributed by atoms with Crippen molar-refractivity contribution in [3.63, 3.8) is 0 Å². The number of nitriles is 1. The fourth-order valence-corrected chi connectivity index (χ4v) is 6.24. The van der Waals surface area contributed by atoms with E-state index in [0.29, 0.717) is 16.3 Å². The lowest BCUT2D eigenvalue weighted by molar-refractivity contribution is 0.132. The SMILES string of the molecule is CCN1CCN(Cc2ccc(-c3ccc4c(Nc5ccc(Sc6nccn6C)c(Cl)c5)c(C#N)cnc4c3)nc2)CC1. The van der Waals surface area contributed by atoms with Crippen LogP contribution in [0.4, 0.5) is 11.4 Å². The molecule has 42 heavy (non-hydrogen) atoms. The molecule has 0 aliphatic carbocycles.